The van der Waals surface area contributed by atoms with Crippen molar-refractivity contribution in [3.63, 3.8) is 0 Å². The van der Waals surface area contributed by atoms with Crippen molar-refractivity contribution in [2.45, 2.75) is 37.5 Å². The van der Waals surface area contributed by atoms with Crippen molar-refractivity contribution in [1.82, 2.24) is 4.98 Å². The molecule has 33 heavy (non-hydrogen) atoms. The molecular formula is C24H24N2O5S2. The number of furan rings is 1. The summed E-state index contributed by atoms with van der Waals surface area (Å²) in [4.78, 5) is 19.9. The molecule has 2 aromatic heterocycles. The second-order valence-corrected chi connectivity index (χ2v) is 11.1. The van der Waals surface area contributed by atoms with Crippen molar-refractivity contribution >= 4 is 42.4 Å². The Kier molecular flexibility index (Phi) is 6.53. The van der Waals surface area contributed by atoms with Crippen LogP contribution >= 0.6 is 11.3 Å². The van der Waals surface area contributed by atoms with Crippen LogP contribution in [0.2, 0.25) is 0 Å². The zero-order chi connectivity index (χ0) is 23.6. The molecule has 0 atom stereocenters. The third-order valence-corrected chi connectivity index (χ3v) is 8.27. The van der Waals surface area contributed by atoms with Crippen molar-refractivity contribution in [3.05, 3.63) is 72.2 Å². The number of amides is 1. The van der Waals surface area contributed by atoms with E-state index in [-0.39, 0.29) is 22.9 Å². The fraction of sp³-hybridized carbons (Fsp3) is 0.250. The van der Waals surface area contributed by atoms with E-state index in [1.54, 1.807) is 44.4 Å². The molecule has 0 bridgehead atoms. The minimum atomic E-state index is -3.52. The predicted octanol–water partition coefficient (Wildman–Crippen LogP) is 5.32. The van der Waals surface area contributed by atoms with E-state index in [2.05, 4.69) is 0 Å². The maximum absolute atomic E-state index is 13.6. The average Bonchev–Trinajstić information content (AvgIpc) is 3.47. The first-order chi connectivity index (χ1) is 15.8. The number of hydrogen-bond acceptors (Lipinski definition) is 7. The number of nitrogens with zero attached hydrogens (tertiary/aromatic N) is 2. The quantitative estimate of drug-likeness (QED) is 0.336. The number of carbonyl (C=O) groups is 1. The third-order valence-electron chi connectivity index (χ3n) is 5.07. The molecule has 0 aliphatic carbocycles. The molecular weight excluding hydrogens is 460 g/mol. The molecule has 0 unspecified atom stereocenters. The fourth-order valence-corrected chi connectivity index (χ4v) is 5.40. The van der Waals surface area contributed by atoms with Crippen LogP contribution in [0.25, 0.3) is 10.2 Å². The van der Waals surface area contributed by atoms with E-state index >= 15 is 0 Å². The van der Waals surface area contributed by atoms with Crippen molar-refractivity contribution in [2.24, 2.45) is 0 Å². The summed E-state index contributed by atoms with van der Waals surface area (Å²) in [7, 11) is -3.52. The van der Waals surface area contributed by atoms with Gasteiger partial charge >= 0.3 is 0 Å². The number of anilines is 1. The fourth-order valence-electron chi connectivity index (χ4n) is 3.32. The molecule has 1 amide bonds. The van der Waals surface area contributed by atoms with Crippen LogP contribution in [0.15, 0.2) is 70.2 Å². The number of sulfone groups is 1. The van der Waals surface area contributed by atoms with Crippen LogP contribution in [0.3, 0.4) is 0 Å². The molecule has 0 saturated heterocycles. The molecule has 0 aliphatic heterocycles. The van der Waals surface area contributed by atoms with Crippen LogP contribution in [-0.2, 0) is 16.4 Å². The summed E-state index contributed by atoms with van der Waals surface area (Å²) in [5.74, 6) is 0.857. The number of thiazole rings is 1. The second kappa shape index (κ2) is 9.36. The lowest BCUT2D eigenvalue weighted by Gasteiger charge is -2.19. The number of fused-ring (bicyclic) bond motifs is 1. The van der Waals surface area contributed by atoms with Gasteiger partial charge in [-0.15, -0.1) is 0 Å². The van der Waals surface area contributed by atoms with Gasteiger partial charge < -0.3 is 9.15 Å². The monoisotopic (exact) mass is 484 g/mol. The van der Waals surface area contributed by atoms with E-state index in [4.69, 9.17) is 14.1 Å². The Morgan fingerprint density at radius 1 is 1.15 bits per heavy atom. The Hall–Kier alpha value is -3.17. The summed E-state index contributed by atoms with van der Waals surface area (Å²) in [6.07, 6.45) is 1.54. The number of ether oxygens (including phenoxy) is 1. The van der Waals surface area contributed by atoms with Crippen LogP contribution in [0.1, 0.15) is 36.9 Å². The van der Waals surface area contributed by atoms with Crippen molar-refractivity contribution in [3.8, 4) is 5.75 Å². The summed E-state index contributed by atoms with van der Waals surface area (Å²) < 4.78 is 37.4. The summed E-state index contributed by atoms with van der Waals surface area (Å²) in [5, 5.41) is -0.126. The first kappa shape index (κ1) is 23.0. The lowest BCUT2D eigenvalue weighted by atomic mass is 10.2. The van der Waals surface area contributed by atoms with E-state index in [1.807, 2.05) is 25.1 Å². The largest absolute Gasteiger partial charge is 0.492 e. The molecule has 0 N–H and O–H groups in total. The highest BCUT2D eigenvalue weighted by Crippen LogP contribution is 2.35. The molecule has 0 radical (unpaired) electrons. The Labute approximate surface area is 196 Å². The zero-order valence-corrected chi connectivity index (χ0v) is 20.2. The van der Waals surface area contributed by atoms with Crippen LogP contribution < -0.4 is 9.64 Å². The summed E-state index contributed by atoms with van der Waals surface area (Å²) in [6.45, 7) is 5.78. The van der Waals surface area contributed by atoms with Gasteiger partial charge in [0, 0.05) is 5.56 Å². The molecule has 2 aromatic carbocycles. The smallest absolute Gasteiger partial charge is 0.260 e. The third kappa shape index (κ3) is 4.65. The second-order valence-electron chi connectivity index (χ2n) is 7.62. The van der Waals surface area contributed by atoms with Gasteiger partial charge in [0.15, 0.2) is 15.0 Å². The van der Waals surface area contributed by atoms with E-state index in [0.29, 0.717) is 28.8 Å². The Morgan fingerprint density at radius 3 is 2.64 bits per heavy atom. The van der Waals surface area contributed by atoms with Gasteiger partial charge in [0.2, 0.25) is 0 Å². The number of hydrogen-bond donors (Lipinski definition) is 0. The molecule has 0 fully saturated rings. The van der Waals surface area contributed by atoms with Crippen LogP contribution in [0, 0.1) is 0 Å². The summed E-state index contributed by atoms with van der Waals surface area (Å²) >= 11 is 1.36. The van der Waals surface area contributed by atoms with Crippen LogP contribution in [-0.4, -0.2) is 31.2 Å². The lowest BCUT2D eigenvalue weighted by Crippen LogP contribution is -2.30. The van der Waals surface area contributed by atoms with Gasteiger partial charge in [-0.2, -0.15) is 0 Å². The highest BCUT2D eigenvalue weighted by atomic mass is 32.2. The van der Waals surface area contributed by atoms with E-state index in [0.717, 1.165) is 4.70 Å². The van der Waals surface area contributed by atoms with Crippen LogP contribution in [0.5, 0.6) is 5.75 Å². The van der Waals surface area contributed by atoms with Gasteiger partial charge in [-0.05, 0) is 63.2 Å². The van der Waals surface area contributed by atoms with Gasteiger partial charge in [0.25, 0.3) is 5.91 Å². The number of carbonyl (C=O) groups excluding carboxylic acids is 1. The summed E-state index contributed by atoms with van der Waals surface area (Å²) in [5.41, 5.74) is 0.931. The predicted molar refractivity (Wildman–Crippen MR) is 129 cm³/mol. The van der Waals surface area contributed by atoms with Crippen molar-refractivity contribution < 1.29 is 22.4 Å². The van der Waals surface area contributed by atoms with E-state index < -0.39 is 15.1 Å². The first-order valence-corrected chi connectivity index (χ1v) is 12.9. The zero-order valence-electron chi connectivity index (χ0n) is 18.5. The number of benzene rings is 2. The Balaban J connectivity index is 1.78. The lowest BCUT2D eigenvalue weighted by molar-refractivity contribution is 0.0983. The SMILES string of the molecule is CCOc1cccc2sc(N(Cc3ccco3)C(=O)c3cccc(S(=O)(=O)C(C)C)c3)nc12. The highest BCUT2D eigenvalue weighted by molar-refractivity contribution is 7.92. The Morgan fingerprint density at radius 2 is 1.94 bits per heavy atom. The molecule has 172 valence electrons. The molecule has 0 aliphatic rings. The van der Waals surface area contributed by atoms with E-state index in [9.17, 15) is 13.2 Å². The minimum Gasteiger partial charge on any atom is -0.492 e. The van der Waals surface area contributed by atoms with Crippen molar-refractivity contribution in [2.75, 3.05) is 11.5 Å². The normalized spacial score (nSPS) is 11.8. The van der Waals surface area contributed by atoms with Crippen molar-refractivity contribution in [1.29, 1.82) is 0 Å². The van der Waals surface area contributed by atoms with Gasteiger partial charge in [-0.1, -0.05) is 23.5 Å². The molecule has 9 heteroatoms. The van der Waals surface area contributed by atoms with Gasteiger partial charge in [-0.25, -0.2) is 13.4 Å². The minimum absolute atomic E-state index is 0.115. The van der Waals surface area contributed by atoms with Crippen LogP contribution in [0.4, 0.5) is 5.13 Å². The van der Waals surface area contributed by atoms with Gasteiger partial charge in [0.05, 0.1) is 34.3 Å². The highest BCUT2D eigenvalue weighted by Gasteiger charge is 2.26. The summed E-state index contributed by atoms with van der Waals surface area (Å²) in [6, 6.07) is 15.3. The number of para-hydroxylation sites is 1. The maximum atomic E-state index is 13.6. The number of aromatic nitrogens is 1. The molecule has 7 nitrogen and oxygen atoms in total. The maximum Gasteiger partial charge on any atom is 0.260 e. The molecule has 4 aromatic rings. The molecule has 0 spiro atoms. The average molecular weight is 485 g/mol. The standard InChI is InChI=1S/C24H24N2O5S2/c1-4-30-20-11-6-12-21-22(20)25-24(32-21)26(15-18-9-7-13-31-18)23(27)17-8-5-10-19(14-17)33(28,29)16(2)3/h5-14,16H,4,15H2,1-3H3. The number of rotatable bonds is 8. The molecule has 2 heterocycles. The Bertz CT molecular complexity index is 1380. The topological polar surface area (TPSA) is 89.7 Å². The molecule has 4 rings (SSSR count). The first-order valence-electron chi connectivity index (χ1n) is 10.5. The molecule has 0 saturated carbocycles. The van der Waals surface area contributed by atoms with Gasteiger partial charge in [0.1, 0.15) is 17.0 Å². The van der Waals surface area contributed by atoms with Gasteiger partial charge in [-0.3, -0.25) is 9.69 Å². The van der Waals surface area contributed by atoms with E-state index in [1.165, 1.54) is 28.4 Å².